The predicted octanol–water partition coefficient (Wildman–Crippen LogP) is 3.77. The van der Waals surface area contributed by atoms with E-state index in [2.05, 4.69) is 15.0 Å². The summed E-state index contributed by atoms with van der Waals surface area (Å²) in [7, 11) is 1.27. The van der Waals surface area contributed by atoms with Crippen molar-refractivity contribution in [2.24, 2.45) is 0 Å². The van der Waals surface area contributed by atoms with Gasteiger partial charge in [0.1, 0.15) is 5.82 Å². The summed E-state index contributed by atoms with van der Waals surface area (Å²) >= 11 is 6.88. The van der Waals surface area contributed by atoms with Crippen molar-refractivity contribution in [3.05, 3.63) is 39.6 Å². The first kappa shape index (κ1) is 13.8. The summed E-state index contributed by atoms with van der Waals surface area (Å²) in [5.74, 6) is -0.899. The van der Waals surface area contributed by atoms with E-state index < -0.39 is 5.97 Å². The van der Waals surface area contributed by atoms with Crippen LogP contribution in [-0.2, 0) is 4.74 Å². The molecule has 19 heavy (non-hydrogen) atoms. The molecule has 7 heteroatoms. The van der Waals surface area contributed by atoms with E-state index in [9.17, 15) is 9.18 Å². The molecule has 0 fully saturated rings. The molecule has 0 amide bonds. The number of methoxy groups -OCH3 is 1. The molecule has 0 bridgehead atoms. The monoisotopic (exact) mass is 300 g/mol. The van der Waals surface area contributed by atoms with Gasteiger partial charge in [0.05, 0.1) is 7.11 Å². The van der Waals surface area contributed by atoms with E-state index >= 15 is 0 Å². The van der Waals surface area contributed by atoms with E-state index in [0.29, 0.717) is 10.8 Å². The molecule has 0 unspecified atom stereocenters. The maximum atomic E-state index is 13.2. The summed E-state index contributed by atoms with van der Waals surface area (Å²) in [5, 5.41) is 3.36. The molecule has 0 saturated carbocycles. The van der Waals surface area contributed by atoms with Gasteiger partial charge in [0.2, 0.25) is 0 Å². The number of ether oxygens (including phenoxy) is 1. The third kappa shape index (κ3) is 3.21. The Morgan fingerprint density at radius 1 is 1.47 bits per heavy atom. The van der Waals surface area contributed by atoms with Gasteiger partial charge in [-0.15, -0.1) is 0 Å². The molecule has 1 aromatic carbocycles. The molecule has 0 aliphatic carbocycles. The number of hydrogen-bond acceptors (Lipinski definition) is 5. The molecule has 1 aromatic heterocycles. The van der Waals surface area contributed by atoms with Crippen molar-refractivity contribution in [2.45, 2.75) is 6.92 Å². The van der Waals surface area contributed by atoms with Crippen LogP contribution in [0, 0.1) is 12.7 Å². The second kappa shape index (κ2) is 5.54. The minimum atomic E-state index is -0.550. The fraction of sp³-hybridized carbons (Fsp3) is 0.167. The lowest BCUT2D eigenvalue weighted by atomic mass is 10.2. The number of carbonyl (C=O) groups is 1. The Balaban J connectivity index is 2.26. The van der Waals surface area contributed by atoms with Crippen molar-refractivity contribution < 1.29 is 13.9 Å². The highest BCUT2D eigenvalue weighted by Crippen LogP contribution is 2.30. The van der Waals surface area contributed by atoms with Gasteiger partial charge in [0.25, 0.3) is 0 Å². The highest BCUT2D eigenvalue weighted by molar-refractivity contribution is 7.18. The lowest BCUT2D eigenvalue weighted by Crippen LogP contribution is -1.98. The summed E-state index contributed by atoms with van der Waals surface area (Å²) in [4.78, 5) is 15.6. The predicted molar refractivity (Wildman–Crippen MR) is 72.9 cm³/mol. The molecular weight excluding hydrogens is 291 g/mol. The fourth-order valence-corrected chi connectivity index (χ4v) is 2.63. The smallest absolute Gasteiger partial charge is 0.351 e. The van der Waals surface area contributed by atoms with Crippen molar-refractivity contribution in [1.82, 2.24) is 4.98 Å². The van der Waals surface area contributed by atoms with E-state index in [4.69, 9.17) is 11.6 Å². The van der Waals surface area contributed by atoms with E-state index in [1.807, 2.05) is 0 Å². The van der Waals surface area contributed by atoms with Gasteiger partial charge in [-0.3, -0.25) is 0 Å². The van der Waals surface area contributed by atoms with Gasteiger partial charge < -0.3 is 10.1 Å². The van der Waals surface area contributed by atoms with Crippen molar-refractivity contribution in [1.29, 1.82) is 0 Å². The van der Waals surface area contributed by atoms with Crippen LogP contribution < -0.4 is 5.32 Å². The van der Waals surface area contributed by atoms with Crippen LogP contribution in [-0.4, -0.2) is 18.1 Å². The molecule has 4 nitrogen and oxygen atoms in total. The Morgan fingerprint density at radius 2 is 2.21 bits per heavy atom. The number of benzene rings is 1. The zero-order chi connectivity index (χ0) is 14.0. The SMILES string of the molecule is COC(=O)c1sc(Nc2cc(C)cc(F)c2)nc1Cl. The topological polar surface area (TPSA) is 51.2 Å². The number of nitrogens with zero attached hydrogens (tertiary/aromatic N) is 1. The van der Waals surface area contributed by atoms with Gasteiger partial charge in [0, 0.05) is 5.69 Å². The van der Waals surface area contributed by atoms with E-state index in [-0.39, 0.29) is 15.8 Å². The third-order valence-electron chi connectivity index (χ3n) is 2.25. The van der Waals surface area contributed by atoms with E-state index in [1.54, 1.807) is 13.0 Å². The number of carbonyl (C=O) groups excluding carboxylic acids is 1. The number of nitrogens with one attached hydrogen (secondary N) is 1. The first-order valence-corrected chi connectivity index (χ1v) is 6.48. The average molecular weight is 301 g/mol. The van der Waals surface area contributed by atoms with Crippen LogP contribution >= 0.6 is 22.9 Å². The molecule has 0 spiro atoms. The lowest BCUT2D eigenvalue weighted by Gasteiger charge is -2.03. The molecule has 0 atom stereocenters. The summed E-state index contributed by atoms with van der Waals surface area (Å²) in [6.45, 7) is 1.78. The van der Waals surface area contributed by atoms with Crippen LogP contribution in [0.2, 0.25) is 5.15 Å². The van der Waals surface area contributed by atoms with Gasteiger partial charge in [0.15, 0.2) is 15.2 Å². The fourth-order valence-electron chi connectivity index (χ4n) is 1.51. The summed E-state index contributed by atoms with van der Waals surface area (Å²) < 4.78 is 17.8. The first-order chi connectivity index (χ1) is 8.99. The van der Waals surface area contributed by atoms with Crippen LogP contribution in [0.5, 0.6) is 0 Å². The van der Waals surface area contributed by atoms with Crippen molar-refractivity contribution in [3.63, 3.8) is 0 Å². The number of aromatic nitrogens is 1. The number of thiazole rings is 1. The van der Waals surface area contributed by atoms with Crippen LogP contribution in [0.4, 0.5) is 15.2 Å². The van der Waals surface area contributed by atoms with Gasteiger partial charge >= 0.3 is 5.97 Å². The summed E-state index contributed by atoms with van der Waals surface area (Å²) in [6.07, 6.45) is 0. The summed E-state index contributed by atoms with van der Waals surface area (Å²) in [5.41, 5.74) is 1.32. The highest BCUT2D eigenvalue weighted by Gasteiger charge is 2.17. The normalized spacial score (nSPS) is 10.3. The largest absolute Gasteiger partial charge is 0.465 e. The first-order valence-electron chi connectivity index (χ1n) is 5.28. The molecule has 0 radical (unpaired) electrons. The van der Waals surface area contributed by atoms with Crippen LogP contribution in [0.3, 0.4) is 0 Å². The number of aryl methyl sites for hydroxylation is 1. The quantitative estimate of drug-likeness (QED) is 0.877. The molecule has 0 saturated heterocycles. The van der Waals surface area contributed by atoms with Gasteiger partial charge in [-0.2, -0.15) is 0 Å². The Bertz CT molecular complexity index is 610. The Hall–Kier alpha value is -1.66. The van der Waals surface area contributed by atoms with E-state index in [0.717, 1.165) is 16.9 Å². The van der Waals surface area contributed by atoms with Crippen molar-refractivity contribution in [3.8, 4) is 0 Å². The Kier molecular flexibility index (Phi) is 4.01. The molecule has 0 aliphatic rings. The number of esters is 1. The minimum absolute atomic E-state index is 0.0625. The molecule has 2 aromatic rings. The minimum Gasteiger partial charge on any atom is -0.465 e. The molecule has 100 valence electrons. The number of rotatable bonds is 3. The maximum absolute atomic E-state index is 13.2. The Labute approximate surface area is 118 Å². The summed E-state index contributed by atoms with van der Waals surface area (Å²) in [6, 6.07) is 4.51. The highest BCUT2D eigenvalue weighted by atomic mass is 35.5. The second-order valence-electron chi connectivity index (χ2n) is 3.77. The molecule has 1 N–H and O–H groups in total. The molecule has 0 aliphatic heterocycles. The number of halogens is 2. The Morgan fingerprint density at radius 3 is 2.84 bits per heavy atom. The van der Waals surface area contributed by atoms with Gasteiger partial charge in [-0.1, -0.05) is 22.9 Å². The van der Waals surface area contributed by atoms with Crippen LogP contribution in [0.25, 0.3) is 0 Å². The van der Waals surface area contributed by atoms with Crippen molar-refractivity contribution in [2.75, 3.05) is 12.4 Å². The standard InChI is InChI=1S/C12H10ClFN2O2S/c1-6-3-7(14)5-8(4-6)15-12-16-10(13)9(19-12)11(17)18-2/h3-5H,1-2H3,(H,15,16). The second-order valence-corrected chi connectivity index (χ2v) is 5.13. The zero-order valence-corrected chi connectivity index (χ0v) is 11.7. The molecule has 2 rings (SSSR count). The number of hydrogen-bond donors (Lipinski definition) is 1. The lowest BCUT2D eigenvalue weighted by molar-refractivity contribution is 0.0606. The average Bonchev–Trinajstić information content (AvgIpc) is 2.68. The molecule has 1 heterocycles. The van der Waals surface area contributed by atoms with Gasteiger partial charge in [-0.25, -0.2) is 14.2 Å². The van der Waals surface area contributed by atoms with Gasteiger partial charge in [-0.05, 0) is 30.7 Å². The van der Waals surface area contributed by atoms with Crippen LogP contribution in [0.1, 0.15) is 15.2 Å². The van der Waals surface area contributed by atoms with E-state index in [1.165, 1.54) is 19.2 Å². The van der Waals surface area contributed by atoms with Crippen LogP contribution in [0.15, 0.2) is 18.2 Å². The zero-order valence-electron chi connectivity index (χ0n) is 10.2. The number of anilines is 2. The van der Waals surface area contributed by atoms with Crippen molar-refractivity contribution >= 4 is 39.7 Å². The molecular formula is C12H10ClFN2O2S. The maximum Gasteiger partial charge on any atom is 0.351 e. The third-order valence-corrected chi connectivity index (χ3v) is 3.59.